The highest BCUT2D eigenvalue weighted by Crippen LogP contribution is 2.32. The number of anilines is 1. The van der Waals surface area contributed by atoms with Crippen LogP contribution in [0.15, 0.2) is 118 Å². The lowest BCUT2D eigenvalue weighted by Crippen LogP contribution is -2.40. The number of nitrogens with one attached hydrogen (secondary N) is 1. The minimum absolute atomic E-state index is 0.239. The maximum atomic E-state index is 14.0. The van der Waals surface area contributed by atoms with Gasteiger partial charge in [-0.1, -0.05) is 83.1 Å². The van der Waals surface area contributed by atoms with E-state index in [1.807, 2.05) is 91.0 Å². The van der Waals surface area contributed by atoms with Crippen LogP contribution >= 0.6 is 34.5 Å². The molecule has 45 heavy (non-hydrogen) atoms. The summed E-state index contributed by atoms with van der Waals surface area (Å²) in [5.74, 6) is 1.02. The first kappa shape index (κ1) is 30.4. The maximum Gasteiger partial charge on any atom is 0.271 e. The van der Waals surface area contributed by atoms with Crippen LogP contribution in [-0.4, -0.2) is 17.6 Å². The van der Waals surface area contributed by atoms with Crippen molar-refractivity contribution in [3.8, 4) is 11.5 Å². The van der Waals surface area contributed by atoms with Crippen molar-refractivity contribution < 1.29 is 14.3 Å². The van der Waals surface area contributed by atoms with Gasteiger partial charge in [0, 0.05) is 5.69 Å². The monoisotopic (exact) mass is 655 g/mol. The number of benzene rings is 4. The van der Waals surface area contributed by atoms with E-state index < -0.39 is 6.04 Å². The summed E-state index contributed by atoms with van der Waals surface area (Å²) < 4.78 is 13.3. The number of hydrogen-bond donors (Lipinski definition) is 1. The molecule has 0 bridgehead atoms. The van der Waals surface area contributed by atoms with Crippen molar-refractivity contribution in [1.29, 1.82) is 0 Å². The van der Waals surface area contributed by atoms with Crippen molar-refractivity contribution in [2.75, 3.05) is 12.4 Å². The Bertz CT molecular complexity index is 2090. The van der Waals surface area contributed by atoms with Crippen molar-refractivity contribution in [2.45, 2.75) is 19.6 Å². The summed E-state index contributed by atoms with van der Waals surface area (Å²) in [7, 11) is 1.59. The van der Waals surface area contributed by atoms with Crippen LogP contribution in [-0.2, 0) is 11.4 Å². The highest BCUT2D eigenvalue weighted by atomic mass is 35.5. The van der Waals surface area contributed by atoms with Gasteiger partial charge in [-0.2, -0.15) is 0 Å². The minimum atomic E-state index is -0.685. The molecule has 6 rings (SSSR count). The Morgan fingerprint density at radius 2 is 1.67 bits per heavy atom. The van der Waals surface area contributed by atoms with Gasteiger partial charge in [-0.05, 0) is 78.2 Å². The molecule has 4 aromatic carbocycles. The second-order valence-corrected chi connectivity index (χ2v) is 12.1. The maximum absolute atomic E-state index is 14.0. The molecular formula is C35H27Cl2N3O4S. The number of rotatable bonds is 8. The SMILES string of the molecule is COc1ccc([C@@H]2C(C(=O)Nc3ccccc3)=C(C)N=c3s/c(=C/c4ccc(OCc5ccc(Cl)c(Cl)c5)cc4)c(=O)n32)cc1. The predicted molar refractivity (Wildman–Crippen MR) is 179 cm³/mol. The van der Waals surface area contributed by atoms with Crippen LogP contribution in [0.4, 0.5) is 5.69 Å². The van der Waals surface area contributed by atoms with E-state index in [4.69, 9.17) is 37.7 Å². The second kappa shape index (κ2) is 13.2. The topological polar surface area (TPSA) is 81.9 Å². The number of thiazole rings is 1. The minimum Gasteiger partial charge on any atom is -0.497 e. The Morgan fingerprint density at radius 3 is 2.36 bits per heavy atom. The molecule has 1 aliphatic heterocycles. The molecule has 0 radical (unpaired) electrons. The summed E-state index contributed by atoms with van der Waals surface area (Å²) in [5.41, 5.74) is 3.83. The van der Waals surface area contributed by atoms with Crippen LogP contribution in [0.5, 0.6) is 11.5 Å². The number of hydrogen-bond acceptors (Lipinski definition) is 6. The summed E-state index contributed by atoms with van der Waals surface area (Å²) in [4.78, 5) is 32.9. The van der Waals surface area contributed by atoms with E-state index in [1.165, 1.54) is 11.3 Å². The van der Waals surface area contributed by atoms with E-state index in [0.717, 1.165) is 16.7 Å². The molecule has 1 atom stereocenters. The van der Waals surface area contributed by atoms with Crippen molar-refractivity contribution >= 4 is 52.2 Å². The Hall–Kier alpha value is -4.63. The first-order valence-corrected chi connectivity index (χ1v) is 15.6. The van der Waals surface area contributed by atoms with Gasteiger partial charge in [-0.25, -0.2) is 4.99 Å². The van der Waals surface area contributed by atoms with Crippen molar-refractivity contribution in [2.24, 2.45) is 4.99 Å². The average Bonchev–Trinajstić information content (AvgIpc) is 3.35. The molecule has 226 valence electrons. The fraction of sp³-hybridized carbons (Fsp3) is 0.114. The number of carbonyl (C=O) groups is 1. The molecular weight excluding hydrogens is 629 g/mol. The van der Waals surface area contributed by atoms with Gasteiger partial charge in [0.1, 0.15) is 18.1 Å². The molecule has 0 saturated carbocycles. The van der Waals surface area contributed by atoms with E-state index >= 15 is 0 Å². The lowest BCUT2D eigenvalue weighted by molar-refractivity contribution is -0.113. The zero-order valence-corrected chi connectivity index (χ0v) is 26.6. The molecule has 1 N–H and O–H groups in total. The van der Waals surface area contributed by atoms with Gasteiger partial charge in [0.25, 0.3) is 11.5 Å². The van der Waals surface area contributed by atoms with Crippen LogP contribution < -0.4 is 29.7 Å². The predicted octanol–water partition coefficient (Wildman–Crippen LogP) is 6.77. The van der Waals surface area contributed by atoms with Gasteiger partial charge in [0.05, 0.1) is 39.0 Å². The Balaban J connectivity index is 1.33. The number of ether oxygens (including phenoxy) is 2. The third kappa shape index (κ3) is 6.59. The molecule has 7 nitrogen and oxygen atoms in total. The molecule has 1 amide bonds. The number of methoxy groups -OCH3 is 1. The molecule has 0 spiro atoms. The Labute approximate surface area is 273 Å². The van der Waals surface area contributed by atoms with Crippen LogP contribution in [0.2, 0.25) is 10.0 Å². The zero-order valence-electron chi connectivity index (χ0n) is 24.3. The average molecular weight is 657 g/mol. The van der Waals surface area contributed by atoms with Gasteiger partial charge in [-0.15, -0.1) is 0 Å². The van der Waals surface area contributed by atoms with Gasteiger partial charge in [-0.3, -0.25) is 14.2 Å². The van der Waals surface area contributed by atoms with E-state index in [2.05, 4.69) is 5.32 Å². The summed E-state index contributed by atoms with van der Waals surface area (Å²) in [5, 5.41) is 3.93. The number of carbonyl (C=O) groups excluding carboxylic acids is 1. The molecule has 0 aliphatic carbocycles. The fourth-order valence-electron chi connectivity index (χ4n) is 5.04. The quantitative estimate of drug-likeness (QED) is 0.200. The lowest BCUT2D eigenvalue weighted by atomic mass is 9.95. The first-order chi connectivity index (χ1) is 21.8. The van der Waals surface area contributed by atoms with E-state index in [0.29, 0.717) is 54.4 Å². The lowest BCUT2D eigenvalue weighted by Gasteiger charge is -2.25. The number of aromatic nitrogens is 1. The highest BCUT2D eigenvalue weighted by Gasteiger charge is 2.32. The summed E-state index contributed by atoms with van der Waals surface area (Å²) in [6.07, 6.45) is 1.82. The number of fused-ring (bicyclic) bond motifs is 1. The van der Waals surface area contributed by atoms with Crippen molar-refractivity contribution in [1.82, 2.24) is 4.57 Å². The number of nitrogens with zero attached hydrogens (tertiary/aromatic N) is 2. The standard InChI is InChI=1S/C35H27Cl2N3O4S/c1-21-31(33(41)39-25-6-4-3-5-7-25)32(24-11-15-26(43-2)16-12-24)40-34(42)30(45-35(40)38-21)19-22-8-13-27(14-9-22)44-20-23-10-17-28(36)29(37)18-23/h3-19,32H,20H2,1-2H3,(H,39,41)/b30-19+/t32-/m1/s1. The number of halogens is 2. The van der Waals surface area contributed by atoms with Crippen LogP contribution in [0.25, 0.3) is 6.08 Å². The molecule has 0 unspecified atom stereocenters. The largest absolute Gasteiger partial charge is 0.497 e. The smallest absolute Gasteiger partial charge is 0.271 e. The Morgan fingerprint density at radius 1 is 0.956 bits per heavy atom. The molecule has 1 aliphatic rings. The summed E-state index contributed by atoms with van der Waals surface area (Å²) >= 11 is 13.4. The van der Waals surface area contributed by atoms with Gasteiger partial charge in [0.15, 0.2) is 4.80 Å². The van der Waals surface area contributed by atoms with Gasteiger partial charge in [0.2, 0.25) is 0 Å². The number of amides is 1. The zero-order chi connectivity index (χ0) is 31.5. The molecule has 0 saturated heterocycles. The first-order valence-electron chi connectivity index (χ1n) is 14.0. The molecule has 1 aromatic heterocycles. The number of para-hydroxylation sites is 1. The molecule has 2 heterocycles. The fourth-order valence-corrected chi connectivity index (χ4v) is 6.41. The number of allylic oxidation sites excluding steroid dienone is 1. The van der Waals surface area contributed by atoms with Gasteiger partial charge < -0.3 is 14.8 Å². The van der Waals surface area contributed by atoms with Crippen LogP contribution in [0, 0.1) is 0 Å². The van der Waals surface area contributed by atoms with Crippen molar-refractivity contribution in [3.63, 3.8) is 0 Å². The van der Waals surface area contributed by atoms with E-state index in [-0.39, 0.29) is 11.5 Å². The molecule has 10 heteroatoms. The molecule has 0 fully saturated rings. The summed E-state index contributed by atoms with van der Waals surface area (Å²) in [6, 6.07) is 28.7. The van der Waals surface area contributed by atoms with Gasteiger partial charge >= 0.3 is 0 Å². The highest BCUT2D eigenvalue weighted by molar-refractivity contribution is 7.07. The third-order valence-electron chi connectivity index (χ3n) is 7.30. The van der Waals surface area contributed by atoms with E-state index in [9.17, 15) is 9.59 Å². The normalized spacial score (nSPS) is 14.5. The van der Waals surface area contributed by atoms with E-state index in [1.54, 1.807) is 30.7 Å². The van der Waals surface area contributed by atoms with Crippen LogP contribution in [0.3, 0.4) is 0 Å². The third-order valence-corrected chi connectivity index (χ3v) is 9.02. The Kier molecular flexibility index (Phi) is 8.89. The van der Waals surface area contributed by atoms with Crippen LogP contribution in [0.1, 0.15) is 29.7 Å². The second-order valence-electron chi connectivity index (χ2n) is 10.3. The molecule has 5 aromatic rings. The van der Waals surface area contributed by atoms with Crippen molar-refractivity contribution in [3.05, 3.63) is 155 Å². The summed E-state index contributed by atoms with van der Waals surface area (Å²) in [6.45, 7) is 2.13.